The average Bonchev–Trinajstić information content (AvgIpc) is 2.96. The smallest absolute Gasteiger partial charge is 0.316 e. The Morgan fingerprint density at radius 2 is 2.05 bits per heavy atom. The molecule has 0 spiro atoms. The minimum Gasteiger partial charge on any atom is -0.346 e. The van der Waals surface area contributed by atoms with Crippen molar-refractivity contribution in [1.29, 1.82) is 0 Å². The third-order valence-corrected chi connectivity index (χ3v) is 3.97. The number of hydrogen-bond acceptors (Lipinski definition) is 3. The van der Waals surface area contributed by atoms with Gasteiger partial charge in [-0.3, -0.25) is 9.59 Å². The van der Waals surface area contributed by atoms with Crippen LogP contribution in [0.3, 0.4) is 0 Å². The second kappa shape index (κ2) is 5.63. The minimum absolute atomic E-state index is 0.455. The quantitative estimate of drug-likeness (QED) is 0.786. The van der Waals surface area contributed by atoms with Crippen LogP contribution in [-0.4, -0.2) is 37.5 Å². The molecule has 1 atom stereocenters. The van der Waals surface area contributed by atoms with Gasteiger partial charge in [0.2, 0.25) is 0 Å². The molecule has 2 heterocycles. The van der Waals surface area contributed by atoms with Crippen molar-refractivity contribution in [1.82, 2.24) is 10.6 Å². The van der Waals surface area contributed by atoms with E-state index in [0.717, 1.165) is 24.2 Å². The summed E-state index contributed by atoms with van der Waals surface area (Å²) in [6.45, 7) is 2.12. The molecule has 1 unspecified atom stereocenters. The zero-order valence-corrected chi connectivity index (χ0v) is 11.4. The third-order valence-electron chi connectivity index (χ3n) is 3.97. The number of anilines is 1. The van der Waals surface area contributed by atoms with Crippen molar-refractivity contribution in [3.8, 4) is 0 Å². The van der Waals surface area contributed by atoms with Crippen LogP contribution in [0.15, 0.2) is 24.3 Å². The first kappa shape index (κ1) is 13.1. The van der Waals surface area contributed by atoms with Gasteiger partial charge in [0.25, 0.3) is 0 Å². The van der Waals surface area contributed by atoms with Crippen LogP contribution >= 0.6 is 0 Å². The van der Waals surface area contributed by atoms with Crippen molar-refractivity contribution >= 4 is 17.5 Å². The highest BCUT2D eigenvalue weighted by atomic mass is 16.2. The molecule has 5 heteroatoms. The number of carbonyl (C=O) groups is 2. The summed E-state index contributed by atoms with van der Waals surface area (Å²) in [6.07, 6.45) is 3.28. The van der Waals surface area contributed by atoms with E-state index >= 15 is 0 Å². The van der Waals surface area contributed by atoms with E-state index in [0.29, 0.717) is 19.1 Å². The lowest BCUT2D eigenvalue weighted by Gasteiger charge is -2.29. The molecule has 0 aromatic heterocycles. The van der Waals surface area contributed by atoms with Gasteiger partial charge in [-0.2, -0.15) is 0 Å². The summed E-state index contributed by atoms with van der Waals surface area (Å²) in [5.74, 6) is -0.965. The van der Waals surface area contributed by atoms with Crippen LogP contribution in [0.25, 0.3) is 0 Å². The van der Waals surface area contributed by atoms with Gasteiger partial charge in [0, 0.05) is 24.8 Å². The van der Waals surface area contributed by atoms with Crippen molar-refractivity contribution in [2.45, 2.75) is 25.3 Å². The van der Waals surface area contributed by atoms with E-state index in [2.05, 4.69) is 16.7 Å². The molecule has 2 fully saturated rings. The lowest BCUT2D eigenvalue weighted by atomic mass is 10.0. The van der Waals surface area contributed by atoms with Crippen molar-refractivity contribution in [3.05, 3.63) is 29.8 Å². The Hall–Kier alpha value is -1.88. The normalized spacial score (nSPS) is 23.0. The zero-order valence-electron chi connectivity index (χ0n) is 11.4. The van der Waals surface area contributed by atoms with Crippen molar-refractivity contribution in [2.75, 3.05) is 24.5 Å². The molecule has 1 aromatic carbocycles. The van der Waals surface area contributed by atoms with Gasteiger partial charge in [0.15, 0.2) is 0 Å². The summed E-state index contributed by atoms with van der Waals surface area (Å²) in [5.41, 5.74) is 2.01. The van der Waals surface area contributed by atoms with E-state index < -0.39 is 11.8 Å². The van der Waals surface area contributed by atoms with Crippen LogP contribution in [0.2, 0.25) is 0 Å². The first-order valence-electron chi connectivity index (χ1n) is 7.16. The maximum atomic E-state index is 12.0. The van der Waals surface area contributed by atoms with Crippen LogP contribution in [0.5, 0.6) is 0 Å². The summed E-state index contributed by atoms with van der Waals surface area (Å²) in [6, 6.07) is 8.36. The van der Waals surface area contributed by atoms with Gasteiger partial charge in [-0.15, -0.1) is 0 Å². The molecule has 2 aliphatic heterocycles. The maximum Gasteiger partial charge on any atom is 0.316 e. The predicted molar refractivity (Wildman–Crippen MR) is 76.5 cm³/mol. The molecule has 0 saturated carbocycles. The van der Waals surface area contributed by atoms with Gasteiger partial charge >= 0.3 is 11.8 Å². The molecule has 1 aromatic rings. The van der Waals surface area contributed by atoms with Gasteiger partial charge in [0.1, 0.15) is 0 Å². The topological polar surface area (TPSA) is 61.4 Å². The molecule has 2 N–H and O–H groups in total. The lowest BCUT2D eigenvalue weighted by Crippen LogP contribution is -2.52. The number of amides is 2. The van der Waals surface area contributed by atoms with Crippen molar-refractivity contribution in [3.63, 3.8) is 0 Å². The number of hydrogen-bond donors (Lipinski definition) is 2. The fourth-order valence-electron chi connectivity index (χ4n) is 2.95. The molecule has 0 bridgehead atoms. The molecule has 0 aliphatic carbocycles. The number of nitrogens with zero attached hydrogens (tertiary/aromatic N) is 1. The predicted octanol–water partition coefficient (Wildman–Crippen LogP) is 0.444. The Bertz CT molecular complexity index is 524. The number of nitrogens with one attached hydrogen (secondary N) is 2. The number of rotatable bonds is 3. The Morgan fingerprint density at radius 3 is 2.85 bits per heavy atom. The van der Waals surface area contributed by atoms with E-state index in [1.165, 1.54) is 12.8 Å². The highest BCUT2D eigenvalue weighted by Crippen LogP contribution is 2.24. The number of benzene rings is 1. The number of para-hydroxylation sites is 1. The molecule has 106 valence electrons. The molecule has 2 saturated heterocycles. The Labute approximate surface area is 118 Å². The third kappa shape index (κ3) is 2.54. The molecular formula is C15H19N3O2. The van der Waals surface area contributed by atoms with Gasteiger partial charge in [-0.05, 0) is 37.4 Å². The number of piperazine rings is 1. The molecule has 20 heavy (non-hydrogen) atoms. The average molecular weight is 273 g/mol. The van der Waals surface area contributed by atoms with E-state index in [1.54, 1.807) is 4.90 Å². The highest BCUT2D eigenvalue weighted by molar-refractivity contribution is 6.41. The van der Waals surface area contributed by atoms with Crippen LogP contribution < -0.4 is 15.5 Å². The van der Waals surface area contributed by atoms with E-state index in [1.807, 2.05) is 18.2 Å². The Balaban J connectivity index is 1.84. The standard InChI is InChI=1S/C15H19N3O2/c19-14-15(20)18(9-8-17-14)13-6-2-1-4-11(13)10-12-5-3-7-16-12/h1-2,4,6,12,16H,3,5,7-10H2,(H,17,19). The van der Waals surface area contributed by atoms with Crippen LogP contribution in [0.4, 0.5) is 5.69 Å². The lowest BCUT2D eigenvalue weighted by molar-refractivity contribution is -0.138. The first-order valence-corrected chi connectivity index (χ1v) is 7.16. The van der Waals surface area contributed by atoms with E-state index in [-0.39, 0.29) is 0 Å². The first-order chi connectivity index (χ1) is 9.75. The summed E-state index contributed by atoms with van der Waals surface area (Å²) in [5, 5.41) is 6.05. The fraction of sp³-hybridized carbons (Fsp3) is 0.467. The van der Waals surface area contributed by atoms with Crippen LogP contribution in [0, 0.1) is 0 Å². The summed E-state index contributed by atoms with van der Waals surface area (Å²) in [4.78, 5) is 25.1. The summed E-state index contributed by atoms with van der Waals surface area (Å²) >= 11 is 0. The molecule has 2 amide bonds. The van der Waals surface area contributed by atoms with Gasteiger partial charge in [0.05, 0.1) is 0 Å². The molecule has 5 nitrogen and oxygen atoms in total. The molecule has 0 radical (unpaired) electrons. The van der Waals surface area contributed by atoms with Gasteiger partial charge < -0.3 is 15.5 Å². The zero-order chi connectivity index (χ0) is 13.9. The molecule has 2 aliphatic rings. The maximum absolute atomic E-state index is 12.0. The minimum atomic E-state index is -0.509. The summed E-state index contributed by atoms with van der Waals surface area (Å²) < 4.78 is 0. The fourth-order valence-corrected chi connectivity index (χ4v) is 2.95. The molecule has 3 rings (SSSR count). The van der Waals surface area contributed by atoms with Crippen LogP contribution in [0.1, 0.15) is 18.4 Å². The van der Waals surface area contributed by atoms with Gasteiger partial charge in [-0.25, -0.2) is 0 Å². The largest absolute Gasteiger partial charge is 0.346 e. The van der Waals surface area contributed by atoms with Crippen molar-refractivity contribution < 1.29 is 9.59 Å². The SMILES string of the molecule is O=C1NCCN(c2ccccc2CC2CCCN2)C1=O. The monoisotopic (exact) mass is 273 g/mol. The Morgan fingerprint density at radius 1 is 1.20 bits per heavy atom. The highest BCUT2D eigenvalue weighted by Gasteiger charge is 2.29. The van der Waals surface area contributed by atoms with Crippen LogP contribution in [-0.2, 0) is 16.0 Å². The van der Waals surface area contributed by atoms with Crippen molar-refractivity contribution in [2.24, 2.45) is 0 Å². The second-order valence-corrected chi connectivity index (χ2v) is 5.34. The van der Waals surface area contributed by atoms with Gasteiger partial charge in [-0.1, -0.05) is 18.2 Å². The number of carbonyl (C=O) groups excluding carboxylic acids is 2. The van der Waals surface area contributed by atoms with E-state index in [9.17, 15) is 9.59 Å². The summed E-state index contributed by atoms with van der Waals surface area (Å²) in [7, 11) is 0. The molecular weight excluding hydrogens is 254 g/mol. The van der Waals surface area contributed by atoms with E-state index in [4.69, 9.17) is 0 Å². The Kier molecular flexibility index (Phi) is 3.69. The second-order valence-electron chi connectivity index (χ2n) is 5.34.